The van der Waals surface area contributed by atoms with Gasteiger partial charge >= 0.3 is 0 Å². The van der Waals surface area contributed by atoms with Gasteiger partial charge in [0.05, 0.1) is 0 Å². The second-order valence-electron chi connectivity index (χ2n) is 6.88. The van der Waals surface area contributed by atoms with Crippen LogP contribution in [0.1, 0.15) is 27.2 Å². The summed E-state index contributed by atoms with van der Waals surface area (Å²) >= 11 is 0. The molecule has 0 N–H and O–H groups in total. The maximum absolute atomic E-state index is 6.07. The molecule has 2 nitrogen and oxygen atoms in total. The summed E-state index contributed by atoms with van der Waals surface area (Å²) in [5.41, 5.74) is 0. The van der Waals surface area contributed by atoms with Crippen molar-refractivity contribution in [3.63, 3.8) is 0 Å². The first-order valence-electron chi connectivity index (χ1n) is 6.13. The van der Waals surface area contributed by atoms with Crippen molar-refractivity contribution in [1.82, 2.24) is 0 Å². The van der Waals surface area contributed by atoms with Crippen LogP contribution in [-0.4, -0.2) is 29.4 Å². The zero-order valence-electron chi connectivity index (χ0n) is 12.3. The second kappa shape index (κ2) is 5.60. The molecule has 0 radical (unpaired) electrons. The maximum Gasteiger partial charge on any atom is 0.191 e. The van der Waals surface area contributed by atoms with Gasteiger partial charge in [-0.05, 0) is 44.0 Å². The monoisotopic (exact) mass is 259 g/mol. The number of hydrogen-bond donors (Lipinski definition) is 0. The Morgan fingerprint density at radius 1 is 1.06 bits per heavy atom. The van der Waals surface area contributed by atoms with Crippen LogP contribution in [0.4, 0.5) is 0 Å². The van der Waals surface area contributed by atoms with Crippen LogP contribution in [0.2, 0.25) is 37.8 Å². The van der Waals surface area contributed by atoms with E-state index in [1.807, 2.05) is 0 Å². The molecule has 0 fully saturated rings. The van der Waals surface area contributed by atoms with Crippen molar-refractivity contribution in [1.29, 1.82) is 0 Å². The molecule has 0 spiro atoms. The fraction of sp³-hybridized carbons (Fsp3) is 0.917. The van der Waals surface area contributed by atoms with E-state index in [-0.39, 0.29) is 0 Å². The molecule has 0 unspecified atom stereocenters. The smallest absolute Gasteiger partial charge is 0.191 e. The third-order valence-electron chi connectivity index (χ3n) is 2.99. The largest absolute Gasteiger partial charge is 0.416 e. The molecule has 0 rings (SSSR count). The first kappa shape index (κ1) is 16.1. The standard InChI is InChI=1S/C12H29NOSi2/c1-12(2,3)16(7,8)14-11-9-10-13-15(4,5)6/h10H,9,11H2,1-8H3. The summed E-state index contributed by atoms with van der Waals surface area (Å²) in [6, 6.07) is 0. The van der Waals surface area contributed by atoms with Gasteiger partial charge in [0.2, 0.25) is 0 Å². The van der Waals surface area contributed by atoms with Gasteiger partial charge in [0.25, 0.3) is 0 Å². The van der Waals surface area contributed by atoms with Crippen molar-refractivity contribution in [3.8, 4) is 0 Å². The minimum absolute atomic E-state index is 0.308. The molecule has 4 heteroatoms. The number of nitrogens with zero attached hydrogens (tertiary/aromatic N) is 1. The Hall–Kier alpha value is 0.0638. The Labute approximate surface area is 104 Å². The van der Waals surface area contributed by atoms with Gasteiger partial charge in [-0.1, -0.05) is 20.8 Å². The molecule has 96 valence electrons. The molecule has 0 amide bonds. The Morgan fingerprint density at radius 2 is 1.56 bits per heavy atom. The van der Waals surface area contributed by atoms with Gasteiger partial charge in [0, 0.05) is 13.0 Å². The summed E-state index contributed by atoms with van der Waals surface area (Å²) in [4.78, 5) is 0. The zero-order valence-corrected chi connectivity index (χ0v) is 14.3. The highest BCUT2D eigenvalue weighted by Crippen LogP contribution is 2.36. The van der Waals surface area contributed by atoms with Crippen LogP contribution in [0.5, 0.6) is 0 Å². The third-order valence-corrected chi connectivity index (χ3v) is 8.49. The normalized spacial score (nSPS) is 14.8. The van der Waals surface area contributed by atoms with Crippen molar-refractivity contribution in [2.45, 2.75) is 65.0 Å². The molecule has 0 aliphatic heterocycles. The highest BCUT2D eigenvalue weighted by Gasteiger charge is 2.36. The Balaban J connectivity index is 3.97. The van der Waals surface area contributed by atoms with Crippen LogP contribution in [0, 0.1) is 0 Å². The molecule has 0 saturated carbocycles. The van der Waals surface area contributed by atoms with Gasteiger partial charge in [-0.3, -0.25) is 0 Å². The van der Waals surface area contributed by atoms with Gasteiger partial charge in [0.15, 0.2) is 16.6 Å². The van der Waals surface area contributed by atoms with E-state index in [4.69, 9.17) is 4.43 Å². The fourth-order valence-corrected chi connectivity index (χ4v) is 2.66. The van der Waals surface area contributed by atoms with Gasteiger partial charge in [-0.2, -0.15) is 0 Å². The number of hydrogen-bond acceptors (Lipinski definition) is 2. The summed E-state index contributed by atoms with van der Waals surface area (Å²) in [5.74, 6) is 0. The van der Waals surface area contributed by atoms with Crippen LogP contribution < -0.4 is 0 Å². The molecular weight excluding hydrogens is 230 g/mol. The van der Waals surface area contributed by atoms with E-state index in [1.54, 1.807) is 0 Å². The van der Waals surface area contributed by atoms with Crippen molar-refractivity contribution in [3.05, 3.63) is 0 Å². The molecule has 0 atom stereocenters. The lowest BCUT2D eigenvalue weighted by molar-refractivity contribution is 0.299. The van der Waals surface area contributed by atoms with Gasteiger partial charge in [0.1, 0.15) is 0 Å². The lowest BCUT2D eigenvalue weighted by Crippen LogP contribution is -2.41. The van der Waals surface area contributed by atoms with Crippen molar-refractivity contribution >= 4 is 22.8 Å². The quantitative estimate of drug-likeness (QED) is 0.410. The molecule has 0 aromatic rings. The maximum atomic E-state index is 6.07. The van der Waals surface area contributed by atoms with Crippen LogP contribution in [-0.2, 0) is 4.43 Å². The molecule has 0 bridgehead atoms. The van der Waals surface area contributed by atoms with Gasteiger partial charge in [-0.25, -0.2) is 0 Å². The summed E-state index contributed by atoms with van der Waals surface area (Å²) in [6.07, 6.45) is 3.01. The summed E-state index contributed by atoms with van der Waals surface area (Å²) < 4.78 is 10.7. The minimum atomic E-state index is -1.55. The van der Waals surface area contributed by atoms with Gasteiger partial charge in [-0.15, -0.1) is 0 Å². The molecule has 0 saturated heterocycles. The first-order valence-corrected chi connectivity index (χ1v) is 12.5. The minimum Gasteiger partial charge on any atom is -0.416 e. The predicted molar refractivity (Wildman–Crippen MR) is 79.6 cm³/mol. The lowest BCUT2D eigenvalue weighted by atomic mass is 10.2. The lowest BCUT2D eigenvalue weighted by Gasteiger charge is -2.36. The summed E-state index contributed by atoms with van der Waals surface area (Å²) in [6.45, 7) is 19.0. The summed E-state index contributed by atoms with van der Waals surface area (Å²) in [5, 5.41) is 0.308. The average Bonchev–Trinajstić information content (AvgIpc) is 1.98. The molecule has 0 aliphatic rings. The van der Waals surface area contributed by atoms with E-state index in [2.05, 4.69) is 64.4 Å². The highest BCUT2D eigenvalue weighted by molar-refractivity contribution is 6.75. The van der Waals surface area contributed by atoms with E-state index >= 15 is 0 Å². The molecule has 0 aromatic carbocycles. The molecular formula is C12H29NOSi2. The van der Waals surface area contributed by atoms with Crippen molar-refractivity contribution in [2.75, 3.05) is 6.61 Å². The highest BCUT2D eigenvalue weighted by atomic mass is 28.4. The average molecular weight is 260 g/mol. The molecule has 16 heavy (non-hydrogen) atoms. The van der Waals surface area contributed by atoms with Crippen molar-refractivity contribution < 1.29 is 4.43 Å². The van der Waals surface area contributed by atoms with Crippen LogP contribution in [0.25, 0.3) is 0 Å². The van der Waals surface area contributed by atoms with E-state index in [9.17, 15) is 0 Å². The molecule has 0 aromatic heterocycles. The van der Waals surface area contributed by atoms with E-state index < -0.39 is 16.6 Å². The van der Waals surface area contributed by atoms with Crippen molar-refractivity contribution in [2.24, 2.45) is 4.66 Å². The molecule has 0 heterocycles. The van der Waals surface area contributed by atoms with Gasteiger partial charge < -0.3 is 9.08 Å². The molecule has 0 aliphatic carbocycles. The number of rotatable bonds is 5. The summed E-state index contributed by atoms with van der Waals surface area (Å²) in [7, 11) is -2.82. The predicted octanol–water partition coefficient (Wildman–Crippen LogP) is 4.30. The van der Waals surface area contributed by atoms with E-state index in [0.717, 1.165) is 13.0 Å². The van der Waals surface area contributed by atoms with E-state index in [0.29, 0.717) is 5.04 Å². The van der Waals surface area contributed by atoms with Crippen LogP contribution in [0.15, 0.2) is 4.66 Å². The topological polar surface area (TPSA) is 21.6 Å². The van der Waals surface area contributed by atoms with Crippen LogP contribution in [0.3, 0.4) is 0 Å². The zero-order chi connectivity index (χ0) is 13.0. The second-order valence-corrected chi connectivity index (χ2v) is 16.3. The van der Waals surface area contributed by atoms with Crippen LogP contribution >= 0.6 is 0 Å². The first-order chi connectivity index (χ1) is 6.96. The third kappa shape index (κ3) is 6.60. The Bertz CT molecular complexity index is 236. The Morgan fingerprint density at radius 3 is 1.94 bits per heavy atom. The Kier molecular flexibility index (Phi) is 5.62. The SMILES string of the molecule is CC(C)(C)[Si](C)(C)OCCC=N[Si](C)(C)C. The fourth-order valence-electron chi connectivity index (χ4n) is 0.922. The van der Waals surface area contributed by atoms with E-state index in [1.165, 1.54) is 0 Å².